The molecule has 0 aliphatic rings. The third-order valence-corrected chi connectivity index (χ3v) is 26.4. The summed E-state index contributed by atoms with van der Waals surface area (Å²) in [6.07, 6.45) is 77.5. The van der Waals surface area contributed by atoms with Crippen molar-refractivity contribution in [1.82, 2.24) is 0 Å². The Morgan fingerprint density at radius 1 is 0.148 bits per heavy atom. The number of ether oxygens (including phenoxy) is 6. The average Bonchev–Trinajstić information content (AvgIpc) is 0.783. The summed E-state index contributed by atoms with van der Waals surface area (Å²) in [7, 11) is 0. The number of benzene rings is 9. The van der Waals surface area contributed by atoms with Gasteiger partial charge in [0.25, 0.3) is 0 Å². The van der Waals surface area contributed by atoms with Gasteiger partial charge in [-0.1, -0.05) is 448 Å². The topological polar surface area (TPSA) is 55.4 Å². The molecule has 0 aliphatic heterocycles. The molecular weight excluding hydrogens is 1560 g/mol. The largest absolute Gasteiger partial charge is 0.490 e. The van der Waals surface area contributed by atoms with Crippen molar-refractivity contribution in [3.8, 4) is 80.4 Å². The molecule has 9 aromatic carbocycles. The predicted molar refractivity (Wildman–Crippen MR) is 556 cm³/mol. The van der Waals surface area contributed by atoms with Gasteiger partial charge < -0.3 is 28.4 Å². The predicted octanol–water partition coefficient (Wildman–Crippen LogP) is 38.2. The van der Waals surface area contributed by atoms with Crippen LogP contribution in [0.25, 0.3) is 65.3 Å². The van der Waals surface area contributed by atoms with Crippen LogP contribution in [0, 0.1) is 23.7 Å². The van der Waals surface area contributed by atoms with E-state index >= 15 is 0 Å². The van der Waals surface area contributed by atoms with Gasteiger partial charge in [-0.3, -0.25) is 0 Å². The smallest absolute Gasteiger partial charge is 0.203 e. The van der Waals surface area contributed by atoms with E-state index in [9.17, 15) is 0 Å². The van der Waals surface area contributed by atoms with E-state index in [1.807, 2.05) is 0 Å². The van der Waals surface area contributed by atoms with Crippen LogP contribution < -0.4 is 28.4 Å². The Kier molecular flexibility index (Phi) is 53.7. The van der Waals surface area contributed by atoms with E-state index in [1.165, 1.54) is 390 Å². The lowest BCUT2D eigenvalue weighted by atomic mass is 9.97. The van der Waals surface area contributed by atoms with Crippen molar-refractivity contribution in [2.75, 3.05) is 39.6 Å². The van der Waals surface area contributed by atoms with Crippen molar-refractivity contribution in [3.05, 3.63) is 168 Å². The minimum atomic E-state index is 0.664. The van der Waals surface area contributed by atoms with Crippen LogP contribution in [0.4, 0.5) is 0 Å². The quantitative estimate of drug-likeness (QED) is 0.0215. The molecule has 0 fully saturated rings. The molecule has 0 amide bonds. The maximum absolute atomic E-state index is 6.86. The van der Waals surface area contributed by atoms with Gasteiger partial charge in [0.2, 0.25) is 11.5 Å². The molecule has 0 aliphatic carbocycles. The number of hydrogen-bond donors (Lipinski definition) is 0. The molecular formula is C122H174O6. The van der Waals surface area contributed by atoms with Crippen LogP contribution in [0.15, 0.2) is 146 Å². The Morgan fingerprint density at radius 3 is 0.555 bits per heavy atom. The van der Waals surface area contributed by atoms with Crippen LogP contribution in [0.5, 0.6) is 34.5 Å². The summed E-state index contributed by atoms with van der Waals surface area (Å²) in [4.78, 5) is 0. The normalized spacial score (nSPS) is 11.4. The Labute approximate surface area is 781 Å². The second kappa shape index (κ2) is 66.3. The second-order valence-corrected chi connectivity index (χ2v) is 37.8. The summed E-state index contributed by atoms with van der Waals surface area (Å²) >= 11 is 0. The van der Waals surface area contributed by atoms with Crippen molar-refractivity contribution in [2.45, 2.75) is 427 Å². The van der Waals surface area contributed by atoms with Gasteiger partial charge >= 0.3 is 0 Å². The summed E-state index contributed by atoms with van der Waals surface area (Å²) < 4.78 is 41.1. The molecule has 128 heavy (non-hydrogen) atoms. The van der Waals surface area contributed by atoms with Crippen molar-refractivity contribution in [3.63, 3.8) is 0 Å². The molecule has 9 aromatic rings. The minimum Gasteiger partial charge on any atom is -0.490 e. The fourth-order valence-corrected chi connectivity index (χ4v) is 18.2. The van der Waals surface area contributed by atoms with Gasteiger partial charge in [0.15, 0.2) is 23.0 Å². The van der Waals surface area contributed by atoms with E-state index in [4.69, 9.17) is 28.4 Å². The fraction of sp³-hybridized carbons (Fsp3) is 0.590. The third kappa shape index (κ3) is 41.2. The number of unbranched alkanes of at least 4 members (excludes halogenated alkanes) is 54. The van der Waals surface area contributed by atoms with Crippen molar-refractivity contribution in [1.29, 1.82) is 0 Å². The number of rotatable bonds is 74. The molecule has 698 valence electrons. The molecule has 6 heteroatoms. The first-order chi connectivity index (χ1) is 63.4. The molecule has 6 nitrogen and oxygen atoms in total. The Hall–Kier alpha value is -8.06. The number of fused-ring (bicyclic) bond motifs is 4. The van der Waals surface area contributed by atoms with E-state index in [0.717, 1.165) is 118 Å². The van der Waals surface area contributed by atoms with Crippen LogP contribution in [-0.4, -0.2) is 39.6 Å². The maximum Gasteiger partial charge on any atom is 0.203 e. The molecule has 0 saturated heterocycles. The van der Waals surface area contributed by atoms with Gasteiger partial charge in [0, 0.05) is 22.3 Å². The van der Waals surface area contributed by atoms with Crippen molar-refractivity contribution in [2.24, 2.45) is 0 Å². The van der Waals surface area contributed by atoms with Crippen LogP contribution in [0.1, 0.15) is 449 Å². The van der Waals surface area contributed by atoms with Gasteiger partial charge in [0.05, 0.1) is 39.6 Å². The minimum absolute atomic E-state index is 0.664. The molecule has 0 saturated carbocycles. The summed E-state index contributed by atoms with van der Waals surface area (Å²) in [5.74, 6) is 18.7. The first-order valence-corrected chi connectivity index (χ1v) is 53.6. The summed E-state index contributed by atoms with van der Waals surface area (Å²) in [5.41, 5.74) is 8.36. The highest BCUT2D eigenvalue weighted by Crippen LogP contribution is 2.46. The molecule has 9 rings (SSSR count). The zero-order valence-electron chi connectivity index (χ0n) is 82.0. The lowest BCUT2D eigenvalue weighted by molar-refractivity contribution is 0.234. The monoisotopic (exact) mass is 1740 g/mol. The Morgan fingerprint density at radius 2 is 0.328 bits per heavy atom. The van der Waals surface area contributed by atoms with E-state index in [-0.39, 0.29) is 0 Å². The number of hydrogen-bond acceptors (Lipinski definition) is 6. The van der Waals surface area contributed by atoms with E-state index in [0.29, 0.717) is 39.6 Å². The highest BCUT2D eigenvalue weighted by atomic mass is 16.5. The first kappa shape index (κ1) is 104. The molecule has 0 spiro atoms. The summed E-state index contributed by atoms with van der Waals surface area (Å²) in [5, 5.41) is 9.52. The van der Waals surface area contributed by atoms with Crippen LogP contribution >= 0.6 is 0 Å². The lowest BCUT2D eigenvalue weighted by Gasteiger charge is -2.19. The van der Waals surface area contributed by atoms with Crippen molar-refractivity contribution < 1.29 is 28.4 Å². The van der Waals surface area contributed by atoms with Gasteiger partial charge in [-0.15, -0.1) is 0 Å². The Bertz CT molecular complexity index is 4190. The molecule has 0 unspecified atom stereocenters. The molecule has 0 bridgehead atoms. The molecule has 0 aromatic heterocycles. The SMILES string of the molecule is CCCCCCCCCCCCOc1cc(-c2ccc3cc4cc(C#Cc5ccc(C#Cc6ccc7cc8cc(-c9cc(OCCCCCCCCCCCC)c(OCCCCCCCCCCCC)c(OCCCCCCCCCCCC)c9)ccc8cc7c6)cc5)ccc4cc3c2)cc(OCCCCCCCCCCCC)c1OCCCCCCCCCCCC. The van der Waals surface area contributed by atoms with E-state index < -0.39 is 0 Å². The van der Waals surface area contributed by atoms with Gasteiger partial charge in [-0.25, -0.2) is 0 Å². The highest BCUT2D eigenvalue weighted by Gasteiger charge is 2.21. The standard InChI is InChI=1S/C122H174O6/c1-7-13-19-25-31-37-43-49-55-61-83-123-117-97-115(98-118(124-84-62-56-50-44-38-32-26-20-14-8-2)121(117)127-87-65-59-53-47-41-35-29-23-17-11-5)109-81-79-107-91-111-89-103(75-77-105(111)93-113(107)95-109)73-71-101-67-69-102(70-68-101)72-74-104-76-78-106-94-114-96-110(82-80-108(114)92-112(106)90-104)116-99-119(125-85-63-57-51-45-39-33-27-21-15-9-3)122(128-88-66-60-54-48-42-36-30-24-18-12-6)120(100-116)126-86-64-58-52-46-40-34-28-22-16-10-4/h67-70,75-82,89-100H,7-66,83-88H2,1-6H3. The average molecular weight is 1740 g/mol. The second-order valence-electron chi connectivity index (χ2n) is 37.8. The van der Waals surface area contributed by atoms with Gasteiger partial charge in [-0.2, -0.15) is 0 Å². The lowest BCUT2D eigenvalue weighted by Crippen LogP contribution is -2.07. The molecule has 0 heterocycles. The Balaban J connectivity index is 0.864. The van der Waals surface area contributed by atoms with Crippen molar-refractivity contribution >= 4 is 43.1 Å². The molecule has 0 N–H and O–H groups in total. The maximum atomic E-state index is 6.86. The zero-order valence-corrected chi connectivity index (χ0v) is 82.0. The van der Waals surface area contributed by atoms with E-state index in [1.54, 1.807) is 0 Å². The highest BCUT2D eigenvalue weighted by molar-refractivity contribution is 6.01. The zero-order chi connectivity index (χ0) is 89.4. The third-order valence-electron chi connectivity index (χ3n) is 26.4. The fourth-order valence-electron chi connectivity index (χ4n) is 18.2. The molecule has 0 atom stereocenters. The van der Waals surface area contributed by atoms with Crippen LogP contribution in [-0.2, 0) is 0 Å². The molecule has 0 radical (unpaired) electrons. The summed E-state index contributed by atoms with van der Waals surface area (Å²) in [6, 6.07) is 53.6. The van der Waals surface area contributed by atoms with Crippen LogP contribution in [0.3, 0.4) is 0 Å². The summed E-state index contributed by atoms with van der Waals surface area (Å²) in [6.45, 7) is 17.8. The first-order valence-electron chi connectivity index (χ1n) is 53.6. The van der Waals surface area contributed by atoms with Gasteiger partial charge in [-0.05, 0) is 213 Å². The van der Waals surface area contributed by atoms with Crippen LogP contribution in [0.2, 0.25) is 0 Å². The van der Waals surface area contributed by atoms with E-state index in [2.05, 4.69) is 211 Å². The van der Waals surface area contributed by atoms with Gasteiger partial charge in [0.1, 0.15) is 0 Å².